The zero-order valence-electron chi connectivity index (χ0n) is 10.2. The number of anilines is 1. The molecule has 0 aliphatic rings. The van der Waals surface area contributed by atoms with Crippen LogP contribution in [0.25, 0.3) is 10.9 Å². The Hall–Kier alpha value is -2.75. The van der Waals surface area contributed by atoms with Gasteiger partial charge in [0, 0.05) is 16.6 Å². The molecule has 0 aliphatic heterocycles. The molecule has 0 radical (unpaired) electrons. The molecule has 3 rings (SSSR count). The lowest BCUT2D eigenvalue weighted by atomic mass is 10.0. The molecule has 0 saturated carbocycles. The average Bonchev–Trinajstić information content (AvgIpc) is 2.46. The summed E-state index contributed by atoms with van der Waals surface area (Å²) in [6.45, 7) is 0. The minimum Gasteiger partial charge on any atom is -0.398 e. The van der Waals surface area contributed by atoms with Crippen molar-refractivity contribution in [1.82, 2.24) is 9.97 Å². The third-order valence-corrected chi connectivity index (χ3v) is 3.01. The SMILES string of the molecule is N=C(c1ccccc1N)c1ncnc2ccccc12. The molecule has 0 atom stereocenters. The van der Waals surface area contributed by atoms with Crippen LogP contribution in [-0.2, 0) is 0 Å². The standard InChI is InChI=1S/C15H12N4/c16-12-7-3-1-5-10(12)14(17)15-11-6-2-4-8-13(11)18-9-19-15/h1-9,17H,16H2. The Kier molecular flexibility index (Phi) is 2.68. The van der Waals surface area contributed by atoms with Crippen molar-refractivity contribution in [2.45, 2.75) is 0 Å². The van der Waals surface area contributed by atoms with E-state index in [9.17, 15) is 0 Å². The lowest BCUT2D eigenvalue weighted by Gasteiger charge is -2.08. The van der Waals surface area contributed by atoms with Gasteiger partial charge < -0.3 is 5.73 Å². The van der Waals surface area contributed by atoms with Crippen LogP contribution in [0.2, 0.25) is 0 Å². The number of rotatable bonds is 2. The van der Waals surface area contributed by atoms with Crippen molar-refractivity contribution < 1.29 is 0 Å². The molecule has 0 spiro atoms. The first-order valence-electron chi connectivity index (χ1n) is 5.91. The number of nitrogen functional groups attached to an aromatic ring is 1. The maximum absolute atomic E-state index is 8.32. The average molecular weight is 248 g/mol. The summed E-state index contributed by atoms with van der Waals surface area (Å²) in [4.78, 5) is 8.43. The molecule has 0 amide bonds. The van der Waals surface area contributed by atoms with Gasteiger partial charge in [0.15, 0.2) is 0 Å². The van der Waals surface area contributed by atoms with E-state index < -0.39 is 0 Å². The fraction of sp³-hybridized carbons (Fsp3) is 0. The molecule has 0 fully saturated rings. The molecule has 1 heterocycles. The van der Waals surface area contributed by atoms with Gasteiger partial charge in [-0.2, -0.15) is 0 Å². The quantitative estimate of drug-likeness (QED) is 0.540. The summed E-state index contributed by atoms with van der Waals surface area (Å²) in [7, 11) is 0. The maximum Gasteiger partial charge on any atom is 0.116 e. The summed E-state index contributed by atoms with van der Waals surface area (Å²) in [5.74, 6) is 0. The van der Waals surface area contributed by atoms with Crippen LogP contribution in [0.3, 0.4) is 0 Å². The number of nitrogens with one attached hydrogen (secondary N) is 1. The molecule has 0 saturated heterocycles. The van der Waals surface area contributed by atoms with Crippen LogP contribution in [0.5, 0.6) is 0 Å². The van der Waals surface area contributed by atoms with Gasteiger partial charge in [-0.15, -0.1) is 0 Å². The smallest absolute Gasteiger partial charge is 0.116 e. The number of benzene rings is 2. The highest BCUT2D eigenvalue weighted by molar-refractivity contribution is 6.18. The summed E-state index contributed by atoms with van der Waals surface area (Å²) in [6.07, 6.45) is 1.48. The van der Waals surface area contributed by atoms with Crippen molar-refractivity contribution >= 4 is 22.3 Å². The third kappa shape index (κ3) is 1.93. The zero-order chi connectivity index (χ0) is 13.2. The lowest BCUT2D eigenvalue weighted by molar-refractivity contribution is 1.20. The predicted octanol–water partition coefficient (Wildman–Crippen LogP) is 2.63. The topological polar surface area (TPSA) is 75.7 Å². The van der Waals surface area contributed by atoms with Crippen molar-refractivity contribution in [3.05, 3.63) is 66.1 Å². The van der Waals surface area contributed by atoms with E-state index in [0.29, 0.717) is 22.7 Å². The van der Waals surface area contributed by atoms with Gasteiger partial charge in [-0.1, -0.05) is 36.4 Å². The third-order valence-electron chi connectivity index (χ3n) is 3.01. The van der Waals surface area contributed by atoms with Gasteiger partial charge in [-0.05, 0) is 12.1 Å². The molecule has 3 N–H and O–H groups in total. The summed E-state index contributed by atoms with van der Waals surface area (Å²) in [5, 5.41) is 9.18. The normalized spacial score (nSPS) is 10.5. The molecule has 0 unspecified atom stereocenters. The van der Waals surface area contributed by atoms with Crippen molar-refractivity contribution in [3.63, 3.8) is 0 Å². The van der Waals surface area contributed by atoms with E-state index in [1.54, 1.807) is 6.07 Å². The fourth-order valence-corrected chi connectivity index (χ4v) is 2.06. The molecule has 3 aromatic rings. The molecule has 0 bridgehead atoms. The second-order valence-electron chi connectivity index (χ2n) is 4.20. The lowest BCUT2D eigenvalue weighted by Crippen LogP contribution is -2.08. The van der Waals surface area contributed by atoms with Gasteiger partial charge in [0.05, 0.1) is 16.9 Å². The van der Waals surface area contributed by atoms with Crippen LogP contribution in [0.4, 0.5) is 5.69 Å². The number of hydrogen-bond acceptors (Lipinski definition) is 4. The number of hydrogen-bond donors (Lipinski definition) is 2. The maximum atomic E-state index is 8.32. The molecule has 92 valence electrons. The molecule has 4 heteroatoms. The van der Waals surface area contributed by atoms with Crippen LogP contribution in [0.15, 0.2) is 54.9 Å². The summed E-state index contributed by atoms with van der Waals surface area (Å²) in [6, 6.07) is 15.0. The summed E-state index contributed by atoms with van der Waals surface area (Å²) < 4.78 is 0. The minimum absolute atomic E-state index is 0.316. The van der Waals surface area contributed by atoms with Gasteiger partial charge in [0.25, 0.3) is 0 Å². The fourth-order valence-electron chi connectivity index (χ4n) is 2.06. The van der Waals surface area contributed by atoms with Crippen LogP contribution >= 0.6 is 0 Å². The molecule has 0 aliphatic carbocycles. The van der Waals surface area contributed by atoms with E-state index >= 15 is 0 Å². The van der Waals surface area contributed by atoms with Crippen LogP contribution in [0.1, 0.15) is 11.3 Å². The first kappa shape index (κ1) is 11.3. The first-order chi connectivity index (χ1) is 9.27. The summed E-state index contributed by atoms with van der Waals surface area (Å²) >= 11 is 0. The monoisotopic (exact) mass is 248 g/mol. The highest BCUT2D eigenvalue weighted by atomic mass is 14.8. The van der Waals surface area contributed by atoms with Crippen molar-refractivity contribution in [2.75, 3.05) is 5.73 Å². The molecule has 1 aromatic heterocycles. The Labute approximate surface area is 110 Å². The Morgan fingerprint density at radius 1 is 0.947 bits per heavy atom. The van der Waals surface area contributed by atoms with E-state index in [2.05, 4.69) is 9.97 Å². The molecule has 2 aromatic carbocycles. The predicted molar refractivity (Wildman–Crippen MR) is 76.3 cm³/mol. The summed E-state index contributed by atoms with van der Waals surface area (Å²) in [5.41, 5.74) is 8.93. The van der Waals surface area contributed by atoms with E-state index in [1.165, 1.54) is 6.33 Å². The Bertz CT molecular complexity index is 759. The number of para-hydroxylation sites is 2. The Morgan fingerprint density at radius 2 is 1.68 bits per heavy atom. The van der Waals surface area contributed by atoms with Crippen molar-refractivity contribution in [1.29, 1.82) is 5.41 Å². The van der Waals surface area contributed by atoms with Crippen molar-refractivity contribution in [3.8, 4) is 0 Å². The number of fused-ring (bicyclic) bond motifs is 1. The number of nitrogens with zero attached hydrogens (tertiary/aromatic N) is 2. The highest BCUT2D eigenvalue weighted by Gasteiger charge is 2.12. The molecule has 19 heavy (non-hydrogen) atoms. The Morgan fingerprint density at radius 3 is 2.53 bits per heavy atom. The van der Waals surface area contributed by atoms with Gasteiger partial charge >= 0.3 is 0 Å². The molecular weight excluding hydrogens is 236 g/mol. The van der Waals surface area contributed by atoms with E-state index in [4.69, 9.17) is 11.1 Å². The zero-order valence-corrected chi connectivity index (χ0v) is 10.2. The van der Waals surface area contributed by atoms with Gasteiger partial charge in [0.1, 0.15) is 6.33 Å². The van der Waals surface area contributed by atoms with Crippen LogP contribution in [-0.4, -0.2) is 15.7 Å². The van der Waals surface area contributed by atoms with Crippen LogP contribution in [0, 0.1) is 5.41 Å². The highest BCUT2D eigenvalue weighted by Crippen LogP contribution is 2.20. The van der Waals surface area contributed by atoms with Gasteiger partial charge in [-0.25, -0.2) is 9.97 Å². The Balaban J connectivity index is 2.20. The molecule has 4 nitrogen and oxygen atoms in total. The van der Waals surface area contributed by atoms with Crippen molar-refractivity contribution in [2.24, 2.45) is 0 Å². The van der Waals surface area contributed by atoms with Gasteiger partial charge in [0.2, 0.25) is 0 Å². The number of nitrogens with two attached hydrogens (primary N) is 1. The minimum atomic E-state index is 0.316. The molecular formula is C15H12N4. The second kappa shape index (κ2) is 4.49. The second-order valence-corrected chi connectivity index (χ2v) is 4.20. The van der Waals surface area contributed by atoms with E-state index in [1.807, 2.05) is 42.5 Å². The van der Waals surface area contributed by atoms with Gasteiger partial charge in [-0.3, -0.25) is 5.41 Å². The number of aromatic nitrogens is 2. The largest absolute Gasteiger partial charge is 0.398 e. The van der Waals surface area contributed by atoms with Crippen LogP contribution < -0.4 is 5.73 Å². The van der Waals surface area contributed by atoms with E-state index in [0.717, 1.165) is 10.9 Å². The first-order valence-corrected chi connectivity index (χ1v) is 5.91. The van der Waals surface area contributed by atoms with E-state index in [-0.39, 0.29) is 0 Å².